The molecule has 44 heavy (non-hydrogen) atoms. The van der Waals surface area contributed by atoms with Crippen LogP contribution in [0.5, 0.6) is 11.5 Å². The lowest BCUT2D eigenvalue weighted by Crippen LogP contribution is -2.38. The highest BCUT2D eigenvalue weighted by molar-refractivity contribution is 7.93. The molecule has 0 N–H and O–H groups in total. The molecule has 0 aliphatic rings. The Hall–Kier alpha value is -5.56. The number of ether oxygens (including phenoxy) is 3. The van der Waals surface area contributed by atoms with Gasteiger partial charge in [-0.15, -0.1) is 5.10 Å². The minimum absolute atomic E-state index is 0.0306. The molecule has 0 saturated carbocycles. The van der Waals surface area contributed by atoms with Crippen LogP contribution in [-0.4, -0.2) is 61.1 Å². The van der Waals surface area contributed by atoms with Crippen LogP contribution in [-0.2, 0) is 14.8 Å². The smallest absolute Gasteiger partial charge is 0.339 e. The number of sulfonamides is 1. The van der Waals surface area contributed by atoms with E-state index in [1.54, 1.807) is 42.5 Å². The standard InChI is InChI=1S/C31H27N5O7S/c1-4-43-22-18-16-21(17-19-22)36(44(39,40)27-15-8-5-11-23(27)31(38)42-3)30(37)28-29(24-12-9-10-20-32-24)35(34-33-28)25-13-6-7-14-26(25)41-2/h5-20H,4H2,1-3H3. The van der Waals surface area contributed by atoms with E-state index in [0.29, 0.717) is 33.8 Å². The SMILES string of the molecule is CCOc1ccc(N(C(=O)c2nnn(-c3ccccc3OC)c2-c2ccccn2)S(=O)(=O)c2ccccc2C(=O)OC)cc1. The minimum atomic E-state index is -4.76. The fraction of sp³-hybridized carbons (Fsp3) is 0.129. The molecule has 0 unspecified atom stereocenters. The molecule has 0 aliphatic heterocycles. The number of methoxy groups -OCH3 is 2. The Labute approximate surface area is 253 Å². The lowest BCUT2D eigenvalue weighted by atomic mass is 10.2. The van der Waals surface area contributed by atoms with Gasteiger partial charge in [-0.3, -0.25) is 9.78 Å². The van der Waals surface area contributed by atoms with Crippen molar-refractivity contribution in [3.63, 3.8) is 0 Å². The zero-order valence-corrected chi connectivity index (χ0v) is 24.8. The molecular weight excluding hydrogens is 586 g/mol. The van der Waals surface area contributed by atoms with Crippen LogP contribution < -0.4 is 13.8 Å². The molecule has 224 valence electrons. The summed E-state index contributed by atoms with van der Waals surface area (Å²) in [6.45, 7) is 2.19. The molecule has 3 aromatic carbocycles. The van der Waals surface area contributed by atoms with Gasteiger partial charge in [0.25, 0.3) is 15.9 Å². The number of esters is 1. The Kier molecular flexibility index (Phi) is 8.67. The van der Waals surface area contributed by atoms with Crippen LogP contribution in [0.1, 0.15) is 27.8 Å². The molecule has 0 spiro atoms. The summed E-state index contributed by atoms with van der Waals surface area (Å²) in [5.41, 5.74) is 0.257. The van der Waals surface area contributed by atoms with E-state index in [2.05, 4.69) is 15.3 Å². The Morgan fingerprint density at radius 3 is 2.27 bits per heavy atom. The molecule has 0 atom stereocenters. The molecule has 2 heterocycles. The summed E-state index contributed by atoms with van der Waals surface area (Å²) in [7, 11) is -2.14. The topological polar surface area (TPSA) is 143 Å². The number of carbonyl (C=O) groups excluding carboxylic acids is 2. The molecule has 5 rings (SSSR count). The predicted molar refractivity (Wildman–Crippen MR) is 161 cm³/mol. The number of pyridine rings is 1. The van der Waals surface area contributed by atoms with Crippen molar-refractivity contribution in [2.45, 2.75) is 11.8 Å². The summed E-state index contributed by atoms with van der Waals surface area (Å²) in [6, 6.07) is 23.4. The van der Waals surface area contributed by atoms with Gasteiger partial charge < -0.3 is 14.2 Å². The molecule has 0 saturated heterocycles. The van der Waals surface area contributed by atoms with Gasteiger partial charge in [-0.1, -0.05) is 35.5 Å². The Bertz CT molecular complexity index is 1910. The van der Waals surface area contributed by atoms with Gasteiger partial charge in [-0.05, 0) is 67.6 Å². The van der Waals surface area contributed by atoms with Gasteiger partial charge in [0.2, 0.25) is 0 Å². The predicted octanol–water partition coefficient (Wildman–Crippen LogP) is 4.56. The average molecular weight is 614 g/mol. The molecule has 1 amide bonds. The first-order chi connectivity index (χ1) is 21.3. The van der Waals surface area contributed by atoms with E-state index in [1.807, 2.05) is 6.92 Å². The van der Waals surface area contributed by atoms with Crippen LogP contribution in [0.2, 0.25) is 0 Å². The zero-order valence-electron chi connectivity index (χ0n) is 23.9. The van der Waals surface area contributed by atoms with Crippen molar-refractivity contribution in [2.24, 2.45) is 0 Å². The fourth-order valence-corrected chi connectivity index (χ4v) is 6.09. The summed E-state index contributed by atoms with van der Waals surface area (Å²) < 4.78 is 46.6. The third-order valence-electron chi connectivity index (χ3n) is 6.47. The van der Waals surface area contributed by atoms with Crippen molar-refractivity contribution >= 4 is 27.6 Å². The largest absolute Gasteiger partial charge is 0.494 e. The molecule has 0 radical (unpaired) electrons. The zero-order chi connectivity index (χ0) is 31.3. The van der Waals surface area contributed by atoms with Crippen LogP contribution in [0, 0.1) is 0 Å². The second-order valence-corrected chi connectivity index (χ2v) is 10.8. The molecule has 12 nitrogen and oxygen atoms in total. The number of para-hydroxylation sites is 2. The van der Waals surface area contributed by atoms with Crippen molar-refractivity contribution in [1.29, 1.82) is 0 Å². The second kappa shape index (κ2) is 12.8. The van der Waals surface area contributed by atoms with Crippen molar-refractivity contribution in [1.82, 2.24) is 20.0 Å². The van der Waals surface area contributed by atoms with Gasteiger partial charge in [0.15, 0.2) is 5.69 Å². The summed E-state index contributed by atoms with van der Waals surface area (Å²) >= 11 is 0. The number of nitrogens with zero attached hydrogens (tertiary/aromatic N) is 5. The highest BCUT2D eigenvalue weighted by Crippen LogP contribution is 2.33. The lowest BCUT2D eigenvalue weighted by Gasteiger charge is -2.23. The van der Waals surface area contributed by atoms with E-state index in [4.69, 9.17) is 14.2 Å². The average Bonchev–Trinajstić information content (AvgIpc) is 3.51. The maximum absolute atomic E-state index is 14.5. The number of rotatable bonds is 10. The highest BCUT2D eigenvalue weighted by atomic mass is 32.2. The third-order valence-corrected chi connectivity index (χ3v) is 8.24. The first-order valence-electron chi connectivity index (χ1n) is 13.3. The number of aromatic nitrogens is 4. The minimum Gasteiger partial charge on any atom is -0.494 e. The fourth-order valence-electron chi connectivity index (χ4n) is 4.51. The quantitative estimate of drug-likeness (QED) is 0.206. The van der Waals surface area contributed by atoms with Crippen molar-refractivity contribution in [2.75, 3.05) is 25.1 Å². The maximum Gasteiger partial charge on any atom is 0.339 e. The first kappa shape index (κ1) is 29.9. The molecular formula is C31H27N5O7S. The second-order valence-electron chi connectivity index (χ2n) is 9.07. The van der Waals surface area contributed by atoms with E-state index in [-0.39, 0.29) is 22.6 Å². The number of carbonyl (C=O) groups is 2. The van der Waals surface area contributed by atoms with Crippen molar-refractivity contribution in [3.8, 4) is 28.6 Å². The summed E-state index contributed by atoms with van der Waals surface area (Å²) in [5.74, 6) is -1.04. The lowest BCUT2D eigenvalue weighted by molar-refractivity contribution is 0.0596. The highest BCUT2D eigenvalue weighted by Gasteiger charge is 2.38. The van der Waals surface area contributed by atoms with Gasteiger partial charge in [0.05, 0.1) is 37.8 Å². The van der Waals surface area contributed by atoms with Gasteiger partial charge in [0, 0.05) is 6.20 Å². The van der Waals surface area contributed by atoms with Gasteiger partial charge in [-0.2, -0.15) is 4.31 Å². The summed E-state index contributed by atoms with van der Waals surface area (Å²) in [6.07, 6.45) is 1.52. The number of benzene rings is 3. The van der Waals surface area contributed by atoms with E-state index >= 15 is 0 Å². The molecule has 2 aromatic heterocycles. The maximum atomic E-state index is 14.5. The molecule has 5 aromatic rings. The van der Waals surface area contributed by atoms with E-state index in [1.165, 1.54) is 66.5 Å². The number of hydrogen-bond donors (Lipinski definition) is 0. The van der Waals surface area contributed by atoms with Gasteiger partial charge in [-0.25, -0.2) is 17.9 Å². The third kappa shape index (κ3) is 5.60. The number of anilines is 1. The molecule has 0 fully saturated rings. The number of hydrogen-bond acceptors (Lipinski definition) is 10. The van der Waals surface area contributed by atoms with Gasteiger partial charge >= 0.3 is 5.97 Å². The van der Waals surface area contributed by atoms with E-state index in [9.17, 15) is 18.0 Å². The van der Waals surface area contributed by atoms with Crippen molar-refractivity contribution < 1.29 is 32.2 Å². The van der Waals surface area contributed by atoms with Crippen LogP contribution in [0.3, 0.4) is 0 Å². The first-order valence-corrected chi connectivity index (χ1v) is 14.8. The van der Waals surface area contributed by atoms with Gasteiger partial charge in [0.1, 0.15) is 27.8 Å². The number of amides is 1. The Morgan fingerprint density at radius 1 is 0.886 bits per heavy atom. The molecule has 0 bridgehead atoms. The Balaban J connectivity index is 1.76. The monoisotopic (exact) mass is 613 g/mol. The normalized spacial score (nSPS) is 11.1. The van der Waals surface area contributed by atoms with Crippen LogP contribution >= 0.6 is 0 Å². The van der Waals surface area contributed by atoms with Crippen LogP contribution in [0.25, 0.3) is 17.1 Å². The van der Waals surface area contributed by atoms with Crippen LogP contribution in [0.4, 0.5) is 5.69 Å². The Morgan fingerprint density at radius 2 is 1.59 bits per heavy atom. The van der Waals surface area contributed by atoms with Crippen molar-refractivity contribution in [3.05, 3.63) is 108 Å². The van der Waals surface area contributed by atoms with E-state index < -0.39 is 26.8 Å². The van der Waals surface area contributed by atoms with E-state index in [0.717, 1.165) is 7.11 Å². The summed E-state index contributed by atoms with van der Waals surface area (Å²) in [5, 5.41) is 8.40. The van der Waals surface area contributed by atoms with Crippen LogP contribution in [0.15, 0.2) is 102 Å². The molecule has 13 heteroatoms. The summed E-state index contributed by atoms with van der Waals surface area (Å²) in [4.78, 5) is 31.1. The molecule has 0 aliphatic carbocycles.